The van der Waals surface area contributed by atoms with Crippen LogP contribution in [0.4, 0.5) is 0 Å². The summed E-state index contributed by atoms with van der Waals surface area (Å²) >= 11 is 0. The highest BCUT2D eigenvalue weighted by Crippen LogP contribution is 2.37. The molecule has 1 heterocycles. The highest BCUT2D eigenvalue weighted by Gasteiger charge is 2.43. The Hall–Kier alpha value is -0.540. The molecule has 0 unspecified atom stereocenters. The molecule has 1 fully saturated rings. The van der Waals surface area contributed by atoms with Gasteiger partial charge in [0.15, 0.2) is 6.79 Å². The van der Waals surface area contributed by atoms with E-state index in [1.807, 2.05) is 0 Å². The molecule has 1 aliphatic heterocycles. The van der Waals surface area contributed by atoms with Crippen LogP contribution in [0.2, 0.25) is 0 Å². The van der Waals surface area contributed by atoms with E-state index >= 15 is 0 Å². The Balaban J connectivity index is 2.60. The van der Waals surface area contributed by atoms with Gasteiger partial charge in [-0.15, -0.1) is 0 Å². The first kappa shape index (κ1) is 13.5. The summed E-state index contributed by atoms with van der Waals surface area (Å²) in [6.45, 7) is 12.9. The second kappa shape index (κ2) is 4.76. The summed E-state index contributed by atoms with van der Waals surface area (Å²) in [6, 6.07) is 0. The van der Waals surface area contributed by atoms with Gasteiger partial charge < -0.3 is 9.47 Å². The molecule has 1 rings (SSSR count). The van der Waals surface area contributed by atoms with Crippen LogP contribution in [-0.4, -0.2) is 35.9 Å². The molecule has 0 aliphatic carbocycles. The average molecular weight is 227 g/mol. The van der Waals surface area contributed by atoms with E-state index in [4.69, 9.17) is 9.47 Å². The van der Waals surface area contributed by atoms with Gasteiger partial charge in [-0.05, 0) is 47.6 Å². The maximum absolute atomic E-state index is 5.72. The third-order valence-electron chi connectivity index (χ3n) is 3.76. The Bertz CT molecular complexity index is 230. The Kier molecular flexibility index (Phi) is 4.02. The van der Waals surface area contributed by atoms with Crippen LogP contribution in [0.15, 0.2) is 12.8 Å². The van der Waals surface area contributed by atoms with Crippen molar-refractivity contribution in [2.24, 2.45) is 0 Å². The second-order valence-electron chi connectivity index (χ2n) is 5.83. The summed E-state index contributed by atoms with van der Waals surface area (Å²) in [5.74, 6) is 0. The van der Waals surface area contributed by atoms with E-state index in [0.717, 1.165) is 12.8 Å². The van der Waals surface area contributed by atoms with Gasteiger partial charge in [0.25, 0.3) is 0 Å². The molecule has 0 amide bonds. The Labute approximate surface area is 99.4 Å². The van der Waals surface area contributed by atoms with Crippen LogP contribution in [0.3, 0.4) is 0 Å². The fraction of sp³-hybridized carbons (Fsp3) is 0.846. The Morgan fingerprint density at radius 3 is 2.19 bits per heavy atom. The molecule has 1 saturated heterocycles. The number of nitrogens with zero attached hydrogens (tertiary/aromatic N) is 1. The van der Waals surface area contributed by atoms with Crippen molar-refractivity contribution in [3.63, 3.8) is 0 Å². The highest BCUT2D eigenvalue weighted by molar-refractivity contribution is 4.98. The standard InChI is InChI=1S/C13H25NO2/c1-7-15-10-16-11-8-12(2,3)14(6)13(4,5)9-11/h7,11H,1,8-10H2,2-6H3. The van der Waals surface area contributed by atoms with E-state index in [-0.39, 0.29) is 17.2 Å². The van der Waals surface area contributed by atoms with Crippen LogP contribution < -0.4 is 0 Å². The predicted octanol–water partition coefficient (Wildman–Crippen LogP) is 2.77. The fourth-order valence-corrected chi connectivity index (χ4v) is 2.58. The first-order chi connectivity index (χ1) is 7.29. The molecule has 3 nitrogen and oxygen atoms in total. The zero-order chi connectivity index (χ0) is 12.4. The summed E-state index contributed by atoms with van der Waals surface area (Å²) < 4.78 is 10.8. The van der Waals surface area contributed by atoms with Crippen molar-refractivity contribution in [2.45, 2.75) is 57.7 Å². The smallest absolute Gasteiger partial charge is 0.188 e. The molecule has 0 aromatic rings. The summed E-state index contributed by atoms with van der Waals surface area (Å²) in [6.07, 6.45) is 3.76. The largest absolute Gasteiger partial charge is 0.476 e. The van der Waals surface area contributed by atoms with Gasteiger partial charge in [0.2, 0.25) is 0 Å². The van der Waals surface area contributed by atoms with E-state index in [0.29, 0.717) is 6.79 Å². The number of ether oxygens (including phenoxy) is 2. The van der Waals surface area contributed by atoms with Crippen molar-refractivity contribution in [1.29, 1.82) is 0 Å². The van der Waals surface area contributed by atoms with Gasteiger partial charge >= 0.3 is 0 Å². The molecule has 3 heteroatoms. The molecule has 0 aromatic carbocycles. The molecule has 16 heavy (non-hydrogen) atoms. The fourth-order valence-electron chi connectivity index (χ4n) is 2.58. The van der Waals surface area contributed by atoms with Crippen LogP contribution in [-0.2, 0) is 9.47 Å². The Morgan fingerprint density at radius 1 is 1.25 bits per heavy atom. The van der Waals surface area contributed by atoms with Crippen molar-refractivity contribution in [2.75, 3.05) is 13.8 Å². The van der Waals surface area contributed by atoms with Crippen LogP contribution in [0.25, 0.3) is 0 Å². The van der Waals surface area contributed by atoms with Gasteiger partial charge in [0.1, 0.15) is 0 Å². The van der Waals surface area contributed by atoms with Crippen molar-refractivity contribution in [3.05, 3.63) is 12.8 Å². The van der Waals surface area contributed by atoms with E-state index in [1.54, 1.807) is 0 Å². The number of rotatable bonds is 4. The average Bonchev–Trinajstić information content (AvgIpc) is 2.14. The molecule has 0 radical (unpaired) electrons. The van der Waals surface area contributed by atoms with Gasteiger partial charge in [-0.25, -0.2) is 0 Å². The van der Waals surface area contributed by atoms with Crippen molar-refractivity contribution in [1.82, 2.24) is 4.90 Å². The lowest BCUT2D eigenvalue weighted by molar-refractivity contribution is -0.128. The van der Waals surface area contributed by atoms with Crippen LogP contribution >= 0.6 is 0 Å². The summed E-state index contributed by atoms with van der Waals surface area (Å²) in [4.78, 5) is 2.44. The lowest BCUT2D eigenvalue weighted by Crippen LogP contribution is -2.60. The minimum atomic E-state index is 0.167. The van der Waals surface area contributed by atoms with Gasteiger partial charge in [-0.3, -0.25) is 4.90 Å². The van der Waals surface area contributed by atoms with E-state index in [1.165, 1.54) is 6.26 Å². The summed E-state index contributed by atoms with van der Waals surface area (Å²) in [5, 5.41) is 0. The quantitative estimate of drug-likeness (QED) is 0.419. The topological polar surface area (TPSA) is 21.7 Å². The molecule has 1 aliphatic rings. The normalized spacial score (nSPS) is 25.3. The second-order valence-corrected chi connectivity index (χ2v) is 5.83. The predicted molar refractivity (Wildman–Crippen MR) is 66.2 cm³/mol. The first-order valence-corrected chi connectivity index (χ1v) is 5.88. The Morgan fingerprint density at radius 2 is 1.75 bits per heavy atom. The molecular formula is C13H25NO2. The molecule has 0 atom stereocenters. The van der Waals surface area contributed by atoms with E-state index < -0.39 is 0 Å². The zero-order valence-corrected chi connectivity index (χ0v) is 11.2. The van der Waals surface area contributed by atoms with Crippen LogP contribution in [0, 0.1) is 0 Å². The highest BCUT2D eigenvalue weighted by atomic mass is 16.7. The number of piperidine rings is 1. The maximum atomic E-state index is 5.72. The monoisotopic (exact) mass is 227 g/mol. The van der Waals surface area contributed by atoms with E-state index in [9.17, 15) is 0 Å². The molecule has 0 spiro atoms. The summed E-state index contributed by atoms with van der Waals surface area (Å²) in [7, 11) is 2.19. The molecule has 0 aromatic heterocycles. The van der Waals surface area contributed by atoms with Crippen molar-refractivity contribution >= 4 is 0 Å². The third-order valence-corrected chi connectivity index (χ3v) is 3.76. The van der Waals surface area contributed by atoms with E-state index in [2.05, 4.69) is 46.2 Å². The number of hydrogen-bond acceptors (Lipinski definition) is 3. The maximum Gasteiger partial charge on any atom is 0.188 e. The lowest BCUT2D eigenvalue weighted by atomic mass is 9.79. The van der Waals surface area contributed by atoms with Gasteiger partial charge in [-0.1, -0.05) is 6.58 Å². The number of hydrogen-bond donors (Lipinski definition) is 0. The van der Waals surface area contributed by atoms with Gasteiger partial charge in [-0.2, -0.15) is 0 Å². The first-order valence-electron chi connectivity index (χ1n) is 5.88. The van der Waals surface area contributed by atoms with Gasteiger partial charge in [0, 0.05) is 11.1 Å². The van der Waals surface area contributed by atoms with Crippen LogP contribution in [0.1, 0.15) is 40.5 Å². The SMILES string of the molecule is C=COCOC1CC(C)(C)N(C)C(C)(C)C1. The van der Waals surface area contributed by atoms with Gasteiger partial charge in [0.05, 0.1) is 12.4 Å². The molecular weight excluding hydrogens is 202 g/mol. The van der Waals surface area contributed by atoms with Crippen molar-refractivity contribution in [3.8, 4) is 0 Å². The third kappa shape index (κ3) is 2.98. The summed E-state index contributed by atoms with van der Waals surface area (Å²) in [5.41, 5.74) is 0.335. The molecule has 0 N–H and O–H groups in total. The molecule has 94 valence electrons. The lowest BCUT2D eigenvalue weighted by Gasteiger charge is -2.53. The zero-order valence-electron chi connectivity index (χ0n) is 11.2. The van der Waals surface area contributed by atoms with Crippen LogP contribution in [0.5, 0.6) is 0 Å². The number of likely N-dealkylation sites (tertiary alicyclic amines) is 1. The minimum Gasteiger partial charge on any atom is -0.476 e. The minimum absolute atomic E-state index is 0.167. The molecule has 0 bridgehead atoms. The molecule has 0 saturated carbocycles. The van der Waals surface area contributed by atoms with Crippen molar-refractivity contribution < 1.29 is 9.47 Å².